The van der Waals surface area contributed by atoms with Crippen LogP contribution >= 0.6 is 12.2 Å². The van der Waals surface area contributed by atoms with Crippen LogP contribution in [0.4, 0.5) is 4.39 Å². The molecule has 27 heavy (non-hydrogen) atoms. The summed E-state index contributed by atoms with van der Waals surface area (Å²) >= 11 is 5.02. The summed E-state index contributed by atoms with van der Waals surface area (Å²) in [6, 6.07) is 14.0. The SMILES string of the molecule is C[C@@H]1O[C@@H](Oc2ccccc2)[C@@H](O)[C@H](OC(=S)Oc2ccc(F)cc2)[C@@H]1O. The molecular formula is C19H19FO6S. The van der Waals surface area contributed by atoms with E-state index in [2.05, 4.69) is 0 Å². The van der Waals surface area contributed by atoms with E-state index in [1.807, 2.05) is 6.07 Å². The van der Waals surface area contributed by atoms with E-state index in [1.54, 1.807) is 31.2 Å². The molecular weight excluding hydrogens is 375 g/mol. The first-order chi connectivity index (χ1) is 12.9. The van der Waals surface area contributed by atoms with Crippen LogP contribution in [0, 0.1) is 5.82 Å². The highest BCUT2D eigenvalue weighted by atomic mass is 32.1. The minimum absolute atomic E-state index is 0.266. The predicted molar refractivity (Wildman–Crippen MR) is 97.9 cm³/mol. The van der Waals surface area contributed by atoms with Gasteiger partial charge in [0.1, 0.15) is 23.4 Å². The molecule has 2 N–H and O–H groups in total. The molecule has 1 fully saturated rings. The summed E-state index contributed by atoms with van der Waals surface area (Å²) in [5.41, 5.74) is 0. The molecule has 1 heterocycles. The third-order valence-corrected chi connectivity index (χ3v) is 4.20. The molecule has 3 rings (SSSR count). The quantitative estimate of drug-likeness (QED) is 0.771. The summed E-state index contributed by atoms with van der Waals surface area (Å²) in [5.74, 6) is 0.343. The fourth-order valence-corrected chi connectivity index (χ4v) is 2.81. The zero-order valence-corrected chi connectivity index (χ0v) is 15.2. The van der Waals surface area contributed by atoms with Gasteiger partial charge in [-0.25, -0.2) is 4.39 Å². The van der Waals surface area contributed by atoms with Gasteiger partial charge in [0, 0.05) is 12.2 Å². The molecule has 0 amide bonds. The van der Waals surface area contributed by atoms with Crippen molar-refractivity contribution >= 4 is 17.5 Å². The van der Waals surface area contributed by atoms with Crippen LogP contribution in [0.3, 0.4) is 0 Å². The van der Waals surface area contributed by atoms with E-state index in [4.69, 9.17) is 31.2 Å². The van der Waals surface area contributed by atoms with Crippen LogP contribution in [-0.2, 0) is 9.47 Å². The standard InChI is InChI=1S/C19H19FO6S/c1-11-15(21)17(26-19(27)25-14-9-7-12(20)8-10-14)16(22)18(23-11)24-13-5-3-2-4-6-13/h2-11,15-18,21-22H,1H3/t11-,15+,16-,17+,18-/m0/s1. The second-order valence-electron chi connectivity index (χ2n) is 6.01. The number of rotatable bonds is 4. The number of hydrogen-bond acceptors (Lipinski definition) is 7. The van der Waals surface area contributed by atoms with Gasteiger partial charge in [0.05, 0.1) is 6.10 Å². The Hall–Kier alpha value is -2.26. The van der Waals surface area contributed by atoms with E-state index in [0.29, 0.717) is 5.75 Å². The number of para-hydroxylation sites is 1. The highest BCUT2D eigenvalue weighted by molar-refractivity contribution is 7.79. The second kappa shape index (κ2) is 8.62. The Labute approximate surface area is 161 Å². The van der Waals surface area contributed by atoms with Gasteiger partial charge in [0.15, 0.2) is 12.2 Å². The summed E-state index contributed by atoms with van der Waals surface area (Å²) in [5, 5.41) is 20.5. The molecule has 8 heteroatoms. The minimum atomic E-state index is -1.33. The van der Waals surface area contributed by atoms with Crippen LogP contribution in [-0.4, -0.2) is 46.2 Å². The van der Waals surface area contributed by atoms with Crippen LogP contribution in [0.25, 0.3) is 0 Å². The summed E-state index contributed by atoms with van der Waals surface area (Å²) in [6.45, 7) is 1.62. The summed E-state index contributed by atoms with van der Waals surface area (Å²) < 4.78 is 34.9. The lowest BCUT2D eigenvalue weighted by molar-refractivity contribution is -0.266. The molecule has 1 aliphatic rings. The van der Waals surface area contributed by atoms with Gasteiger partial charge in [0.25, 0.3) is 0 Å². The zero-order chi connectivity index (χ0) is 19.4. The number of hydrogen-bond donors (Lipinski definition) is 2. The van der Waals surface area contributed by atoms with E-state index < -0.39 is 36.5 Å². The van der Waals surface area contributed by atoms with Crippen molar-refractivity contribution in [3.8, 4) is 11.5 Å². The van der Waals surface area contributed by atoms with Crippen LogP contribution in [0.5, 0.6) is 11.5 Å². The molecule has 0 radical (unpaired) electrons. The summed E-state index contributed by atoms with van der Waals surface area (Å²) in [4.78, 5) is 0. The smallest absolute Gasteiger partial charge is 0.358 e. The summed E-state index contributed by atoms with van der Waals surface area (Å²) in [6.07, 6.45) is -5.36. The third-order valence-electron chi connectivity index (χ3n) is 4.02. The van der Waals surface area contributed by atoms with E-state index >= 15 is 0 Å². The molecule has 5 atom stereocenters. The van der Waals surface area contributed by atoms with Gasteiger partial charge in [-0.15, -0.1) is 0 Å². The number of benzene rings is 2. The lowest BCUT2D eigenvalue weighted by Crippen LogP contribution is -2.59. The normalized spacial score (nSPS) is 27.6. The van der Waals surface area contributed by atoms with Crippen molar-refractivity contribution in [1.82, 2.24) is 0 Å². The molecule has 0 aliphatic carbocycles. The molecule has 0 aromatic heterocycles. The van der Waals surface area contributed by atoms with Crippen molar-refractivity contribution < 1.29 is 33.6 Å². The molecule has 1 aliphatic heterocycles. The van der Waals surface area contributed by atoms with Crippen molar-refractivity contribution in [3.63, 3.8) is 0 Å². The van der Waals surface area contributed by atoms with Crippen LogP contribution in [0.2, 0.25) is 0 Å². The maximum Gasteiger partial charge on any atom is 0.358 e. The van der Waals surface area contributed by atoms with Gasteiger partial charge < -0.3 is 29.2 Å². The maximum atomic E-state index is 13.0. The molecule has 1 saturated heterocycles. The van der Waals surface area contributed by atoms with Crippen LogP contribution in [0.1, 0.15) is 6.92 Å². The molecule has 144 valence electrons. The van der Waals surface area contributed by atoms with E-state index in [9.17, 15) is 14.6 Å². The van der Waals surface area contributed by atoms with Gasteiger partial charge >= 0.3 is 5.24 Å². The van der Waals surface area contributed by atoms with E-state index in [-0.39, 0.29) is 11.0 Å². The van der Waals surface area contributed by atoms with Crippen LogP contribution < -0.4 is 9.47 Å². The van der Waals surface area contributed by atoms with Gasteiger partial charge in [-0.05, 0) is 43.3 Å². The Kier molecular flexibility index (Phi) is 6.22. The largest absolute Gasteiger partial charge is 0.462 e. The highest BCUT2D eigenvalue weighted by Crippen LogP contribution is 2.26. The first kappa shape index (κ1) is 19.5. The number of thiocarbonyl (C=S) groups is 1. The average Bonchev–Trinajstić information content (AvgIpc) is 2.66. The van der Waals surface area contributed by atoms with Crippen molar-refractivity contribution in [2.75, 3.05) is 0 Å². The van der Waals surface area contributed by atoms with Gasteiger partial charge in [-0.1, -0.05) is 18.2 Å². The Bertz CT molecular complexity index is 757. The molecule has 0 bridgehead atoms. The Morgan fingerprint density at radius 2 is 1.67 bits per heavy atom. The fourth-order valence-electron chi connectivity index (χ4n) is 2.60. The predicted octanol–water partition coefficient (Wildman–Crippen LogP) is 2.42. The maximum absolute atomic E-state index is 13.0. The first-order valence-electron chi connectivity index (χ1n) is 8.31. The Balaban J connectivity index is 1.66. The second-order valence-corrected chi connectivity index (χ2v) is 6.34. The zero-order valence-electron chi connectivity index (χ0n) is 14.4. The van der Waals surface area contributed by atoms with E-state index in [0.717, 1.165) is 0 Å². The number of aliphatic hydroxyl groups is 2. The molecule has 0 spiro atoms. The monoisotopic (exact) mass is 394 g/mol. The van der Waals surface area contributed by atoms with Crippen molar-refractivity contribution in [2.24, 2.45) is 0 Å². The van der Waals surface area contributed by atoms with Gasteiger partial charge in [0.2, 0.25) is 6.29 Å². The number of halogens is 1. The van der Waals surface area contributed by atoms with Gasteiger partial charge in [-0.2, -0.15) is 0 Å². The van der Waals surface area contributed by atoms with E-state index in [1.165, 1.54) is 24.3 Å². The number of ether oxygens (including phenoxy) is 4. The Morgan fingerprint density at radius 3 is 2.33 bits per heavy atom. The highest BCUT2D eigenvalue weighted by Gasteiger charge is 2.46. The topological polar surface area (TPSA) is 77.4 Å². The third kappa shape index (κ3) is 4.92. The lowest BCUT2D eigenvalue weighted by atomic mass is 10.00. The number of aliphatic hydroxyl groups excluding tert-OH is 2. The molecule has 2 aromatic carbocycles. The van der Waals surface area contributed by atoms with Crippen molar-refractivity contribution in [3.05, 3.63) is 60.4 Å². The fraction of sp³-hybridized carbons (Fsp3) is 0.316. The molecule has 0 saturated carbocycles. The van der Waals surface area contributed by atoms with Gasteiger partial charge in [-0.3, -0.25) is 0 Å². The van der Waals surface area contributed by atoms with Crippen molar-refractivity contribution in [2.45, 2.75) is 37.6 Å². The molecule has 6 nitrogen and oxygen atoms in total. The average molecular weight is 394 g/mol. The molecule has 0 unspecified atom stereocenters. The minimum Gasteiger partial charge on any atom is -0.462 e. The Morgan fingerprint density at radius 1 is 1.00 bits per heavy atom. The van der Waals surface area contributed by atoms with Crippen molar-refractivity contribution in [1.29, 1.82) is 0 Å². The van der Waals surface area contributed by atoms with Crippen LogP contribution in [0.15, 0.2) is 54.6 Å². The lowest BCUT2D eigenvalue weighted by Gasteiger charge is -2.40. The molecule has 2 aromatic rings. The first-order valence-corrected chi connectivity index (χ1v) is 8.72. The summed E-state index contributed by atoms with van der Waals surface area (Å²) in [7, 11) is 0.